The van der Waals surface area contributed by atoms with Gasteiger partial charge in [-0.3, -0.25) is 19.8 Å². The Morgan fingerprint density at radius 2 is 1.47 bits per heavy atom. The molecule has 0 aromatic heterocycles. The van der Waals surface area contributed by atoms with Crippen molar-refractivity contribution in [1.82, 2.24) is 10.4 Å². The third-order valence-electron chi connectivity index (χ3n) is 5.83. The molecule has 3 aromatic rings. The number of piperidine rings is 1. The zero-order chi connectivity index (χ0) is 20.7. The molecular weight excluding hydrogens is 378 g/mol. The molecule has 2 aliphatic rings. The van der Waals surface area contributed by atoms with E-state index in [1.54, 1.807) is 42.5 Å². The number of nitrogens with one attached hydrogen (secondary N) is 1. The van der Waals surface area contributed by atoms with E-state index >= 15 is 0 Å². The first-order valence-electron chi connectivity index (χ1n) is 10.2. The Bertz CT molecular complexity index is 1140. The van der Waals surface area contributed by atoms with Crippen LogP contribution in [0.3, 0.4) is 0 Å². The highest BCUT2D eigenvalue weighted by Gasteiger charge is 2.35. The number of hydrogen-bond donors (Lipinski definition) is 1. The van der Waals surface area contributed by atoms with E-state index in [4.69, 9.17) is 0 Å². The Labute approximate surface area is 174 Å². The van der Waals surface area contributed by atoms with Crippen molar-refractivity contribution in [3.8, 4) is 0 Å². The average Bonchev–Trinajstić information content (AvgIpc) is 2.81. The first kappa shape index (κ1) is 18.4. The molecule has 0 radical (unpaired) electrons. The van der Waals surface area contributed by atoms with Crippen LogP contribution in [0.1, 0.15) is 50.3 Å². The number of carbonyl (C=O) groups excluding carboxylic acids is 3. The summed E-state index contributed by atoms with van der Waals surface area (Å²) >= 11 is 0. The summed E-state index contributed by atoms with van der Waals surface area (Å²) in [4.78, 5) is 41.2. The van der Waals surface area contributed by atoms with Crippen molar-refractivity contribution in [3.05, 3.63) is 77.4 Å². The van der Waals surface area contributed by atoms with E-state index < -0.39 is 17.7 Å². The normalized spacial score (nSPS) is 16.1. The molecular formula is C24H21N3O3. The van der Waals surface area contributed by atoms with Crippen LogP contribution in [0.25, 0.3) is 10.8 Å². The van der Waals surface area contributed by atoms with E-state index in [2.05, 4.69) is 10.3 Å². The molecule has 3 amide bonds. The number of benzene rings is 3. The molecule has 1 fully saturated rings. The van der Waals surface area contributed by atoms with Gasteiger partial charge in [-0.05, 0) is 49.6 Å². The molecule has 0 unspecified atom stereocenters. The lowest BCUT2D eigenvalue weighted by atomic mass is 9.93. The van der Waals surface area contributed by atoms with E-state index in [0.717, 1.165) is 42.0 Å². The molecule has 2 aliphatic heterocycles. The third-order valence-corrected chi connectivity index (χ3v) is 5.83. The van der Waals surface area contributed by atoms with Crippen molar-refractivity contribution in [1.29, 1.82) is 0 Å². The van der Waals surface area contributed by atoms with Gasteiger partial charge in [-0.1, -0.05) is 30.3 Å². The summed E-state index contributed by atoms with van der Waals surface area (Å²) in [5, 5.41) is 2.40. The number of hydrogen-bond acceptors (Lipinski definition) is 4. The number of amides is 3. The van der Waals surface area contributed by atoms with Crippen LogP contribution in [0.5, 0.6) is 0 Å². The van der Waals surface area contributed by atoms with Gasteiger partial charge < -0.3 is 4.90 Å². The lowest BCUT2D eigenvalue weighted by Gasteiger charge is -2.32. The summed E-state index contributed by atoms with van der Waals surface area (Å²) in [5.41, 5.74) is 4.76. The molecule has 0 spiro atoms. The first-order chi connectivity index (χ1) is 14.6. The maximum Gasteiger partial charge on any atom is 0.280 e. The summed E-state index contributed by atoms with van der Waals surface area (Å²) in [5.74, 6) is -1.53. The zero-order valence-electron chi connectivity index (χ0n) is 16.4. The topological polar surface area (TPSA) is 69.7 Å². The minimum Gasteiger partial charge on any atom is -0.371 e. The van der Waals surface area contributed by atoms with Gasteiger partial charge in [0, 0.05) is 35.1 Å². The predicted molar refractivity (Wildman–Crippen MR) is 114 cm³/mol. The van der Waals surface area contributed by atoms with Crippen LogP contribution in [0.15, 0.2) is 60.7 Å². The summed E-state index contributed by atoms with van der Waals surface area (Å²) in [7, 11) is 0. The maximum absolute atomic E-state index is 13.1. The number of hydrazine groups is 1. The average molecular weight is 399 g/mol. The molecule has 0 aliphatic carbocycles. The number of nitrogens with zero attached hydrogens (tertiary/aromatic N) is 2. The third kappa shape index (κ3) is 2.92. The lowest BCUT2D eigenvalue weighted by molar-refractivity contribution is 0.0479. The molecule has 1 N–H and O–H groups in total. The molecule has 6 nitrogen and oxygen atoms in total. The Morgan fingerprint density at radius 3 is 2.20 bits per heavy atom. The predicted octanol–water partition coefficient (Wildman–Crippen LogP) is 3.77. The minimum atomic E-state index is -0.516. The van der Waals surface area contributed by atoms with Crippen LogP contribution in [0, 0.1) is 0 Å². The van der Waals surface area contributed by atoms with Gasteiger partial charge in [0.05, 0.1) is 11.1 Å². The van der Waals surface area contributed by atoms with Gasteiger partial charge in [-0.25, -0.2) is 0 Å². The van der Waals surface area contributed by atoms with Gasteiger partial charge in [0.25, 0.3) is 17.7 Å². The monoisotopic (exact) mass is 399 g/mol. The number of carbonyl (C=O) groups is 3. The fourth-order valence-corrected chi connectivity index (χ4v) is 4.35. The number of imide groups is 1. The molecule has 0 atom stereocenters. The van der Waals surface area contributed by atoms with E-state index in [9.17, 15) is 14.4 Å². The largest absolute Gasteiger partial charge is 0.371 e. The Hall–Kier alpha value is -3.67. The second kappa shape index (κ2) is 7.30. The van der Waals surface area contributed by atoms with Crippen molar-refractivity contribution in [2.45, 2.75) is 19.3 Å². The maximum atomic E-state index is 13.1. The molecule has 3 aromatic carbocycles. The van der Waals surface area contributed by atoms with E-state index in [-0.39, 0.29) is 0 Å². The van der Waals surface area contributed by atoms with Crippen LogP contribution in [-0.2, 0) is 0 Å². The molecule has 6 heteroatoms. The first-order valence-corrected chi connectivity index (χ1v) is 10.2. The van der Waals surface area contributed by atoms with Gasteiger partial charge >= 0.3 is 0 Å². The highest BCUT2D eigenvalue weighted by Crippen LogP contribution is 2.36. The Morgan fingerprint density at radius 1 is 0.767 bits per heavy atom. The summed E-state index contributed by atoms with van der Waals surface area (Å²) < 4.78 is 0. The van der Waals surface area contributed by atoms with Crippen molar-refractivity contribution < 1.29 is 14.4 Å². The smallest absolute Gasteiger partial charge is 0.280 e. The Balaban J connectivity index is 1.55. The molecule has 30 heavy (non-hydrogen) atoms. The second-order valence-corrected chi connectivity index (χ2v) is 7.66. The fraction of sp³-hybridized carbons (Fsp3) is 0.208. The van der Waals surface area contributed by atoms with Gasteiger partial charge in [-0.2, -0.15) is 5.01 Å². The summed E-state index contributed by atoms with van der Waals surface area (Å²) in [6.07, 6.45) is 3.50. The van der Waals surface area contributed by atoms with Crippen LogP contribution in [0.4, 0.5) is 5.69 Å². The van der Waals surface area contributed by atoms with Crippen LogP contribution < -0.4 is 10.3 Å². The van der Waals surface area contributed by atoms with E-state index in [0.29, 0.717) is 22.1 Å². The number of anilines is 1. The van der Waals surface area contributed by atoms with Crippen LogP contribution in [0.2, 0.25) is 0 Å². The molecule has 2 heterocycles. The minimum absolute atomic E-state index is 0.377. The molecule has 5 rings (SSSR count). The standard InChI is InChI=1S/C24H21N3O3/c28-22(16-8-3-1-4-9-16)25-27-23(29)18-11-7-10-17-20(26-14-5-2-6-15-26)13-12-19(21(17)18)24(27)30/h1,3-4,7-13H,2,5-6,14-15H2,(H,25,28). The summed E-state index contributed by atoms with van der Waals surface area (Å²) in [6, 6.07) is 17.8. The van der Waals surface area contributed by atoms with E-state index in [1.165, 1.54) is 6.42 Å². The molecule has 0 saturated carbocycles. The van der Waals surface area contributed by atoms with E-state index in [1.807, 2.05) is 18.2 Å². The highest BCUT2D eigenvalue weighted by atomic mass is 16.2. The Kier molecular flexibility index (Phi) is 4.47. The quantitative estimate of drug-likeness (QED) is 0.681. The molecule has 0 bridgehead atoms. The zero-order valence-corrected chi connectivity index (χ0v) is 16.4. The molecule has 150 valence electrons. The van der Waals surface area contributed by atoms with Crippen LogP contribution in [-0.4, -0.2) is 35.8 Å². The SMILES string of the molecule is O=C(NN1C(=O)c2cccc3c(N4CCCCC4)ccc(c23)C1=O)c1ccccc1. The lowest BCUT2D eigenvalue weighted by Crippen LogP contribution is -2.51. The van der Waals surface area contributed by atoms with Crippen molar-refractivity contribution >= 4 is 34.2 Å². The van der Waals surface area contributed by atoms with Crippen molar-refractivity contribution in [2.75, 3.05) is 18.0 Å². The highest BCUT2D eigenvalue weighted by molar-refractivity contribution is 6.27. The van der Waals surface area contributed by atoms with Gasteiger partial charge in [0.15, 0.2) is 0 Å². The van der Waals surface area contributed by atoms with Crippen molar-refractivity contribution in [3.63, 3.8) is 0 Å². The second-order valence-electron chi connectivity index (χ2n) is 7.66. The van der Waals surface area contributed by atoms with Gasteiger partial charge in [0.1, 0.15) is 0 Å². The van der Waals surface area contributed by atoms with Gasteiger partial charge in [-0.15, -0.1) is 0 Å². The number of rotatable bonds is 3. The summed E-state index contributed by atoms with van der Waals surface area (Å²) in [6.45, 7) is 1.94. The van der Waals surface area contributed by atoms with Crippen molar-refractivity contribution in [2.24, 2.45) is 0 Å². The van der Waals surface area contributed by atoms with Gasteiger partial charge in [0.2, 0.25) is 0 Å². The van der Waals surface area contributed by atoms with Crippen LogP contribution >= 0.6 is 0 Å². The molecule has 1 saturated heterocycles. The fourth-order valence-electron chi connectivity index (χ4n) is 4.35.